The van der Waals surface area contributed by atoms with E-state index in [1.807, 2.05) is 29.2 Å². The highest BCUT2D eigenvalue weighted by Gasteiger charge is 2.24. The molecule has 1 saturated heterocycles. The van der Waals surface area contributed by atoms with Crippen molar-refractivity contribution in [2.75, 3.05) is 23.0 Å². The zero-order chi connectivity index (χ0) is 10.8. The highest BCUT2D eigenvalue weighted by molar-refractivity contribution is 9.10. The largest absolute Gasteiger partial charge is 0.616 e. The third kappa shape index (κ3) is 2.53. The van der Waals surface area contributed by atoms with Crippen LogP contribution in [0.2, 0.25) is 0 Å². The summed E-state index contributed by atoms with van der Waals surface area (Å²) in [5.74, 6) is 1.47. The predicted molar refractivity (Wildman–Crippen MR) is 67.1 cm³/mol. The van der Waals surface area contributed by atoms with Crippen LogP contribution in [0.4, 0.5) is 5.69 Å². The van der Waals surface area contributed by atoms with Gasteiger partial charge in [-0.15, -0.1) is 0 Å². The van der Waals surface area contributed by atoms with Gasteiger partial charge in [0.1, 0.15) is 5.75 Å². The second-order valence-electron chi connectivity index (χ2n) is 3.36. The van der Waals surface area contributed by atoms with Gasteiger partial charge < -0.3 is 9.45 Å². The normalized spacial score (nSPS) is 21.9. The zero-order valence-electron chi connectivity index (χ0n) is 8.07. The number of nitrogens with one attached hydrogen (secondary N) is 1. The molecular formula is C10H11BrN2OS. The fraction of sp³-hybridized carbons (Fsp3) is 0.300. The number of hydrogen-bond donors (Lipinski definition) is 1. The van der Waals surface area contributed by atoms with E-state index in [1.54, 1.807) is 0 Å². The zero-order valence-corrected chi connectivity index (χ0v) is 10.5. The minimum absolute atomic E-state index is 0.371. The van der Waals surface area contributed by atoms with Gasteiger partial charge in [-0.3, -0.25) is 5.41 Å². The van der Waals surface area contributed by atoms with Crippen molar-refractivity contribution in [3.8, 4) is 0 Å². The fourth-order valence-electron chi connectivity index (χ4n) is 1.54. The second-order valence-corrected chi connectivity index (χ2v) is 5.86. The van der Waals surface area contributed by atoms with Crippen molar-refractivity contribution in [3.63, 3.8) is 0 Å². The molecule has 1 N–H and O–H groups in total. The smallest absolute Gasteiger partial charge is 0.162 e. The van der Waals surface area contributed by atoms with E-state index in [-0.39, 0.29) is 0 Å². The van der Waals surface area contributed by atoms with E-state index in [1.165, 1.54) is 0 Å². The molecule has 1 aliphatic rings. The van der Waals surface area contributed by atoms with E-state index in [0.29, 0.717) is 23.9 Å². The number of halogens is 1. The molecule has 1 fully saturated rings. The van der Waals surface area contributed by atoms with E-state index in [2.05, 4.69) is 15.9 Å². The predicted octanol–water partition coefficient (Wildman–Crippen LogP) is 2.00. The fourth-order valence-corrected chi connectivity index (χ4v) is 2.79. The van der Waals surface area contributed by atoms with Gasteiger partial charge in [0.05, 0.1) is 6.54 Å². The molecule has 3 nitrogen and oxygen atoms in total. The van der Waals surface area contributed by atoms with Gasteiger partial charge in [-0.2, -0.15) is 0 Å². The monoisotopic (exact) mass is 286 g/mol. The lowest BCUT2D eigenvalue weighted by Gasteiger charge is -2.30. The van der Waals surface area contributed by atoms with Gasteiger partial charge in [0.15, 0.2) is 11.6 Å². The lowest BCUT2D eigenvalue weighted by atomic mass is 10.3. The molecule has 1 aliphatic heterocycles. The van der Waals surface area contributed by atoms with Gasteiger partial charge in [-0.1, -0.05) is 15.9 Å². The summed E-state index contributed by atoms with van der Waals surface area (Å²) in [6.45, 7) is 0.674. The molecule has 1 unspecified atom stereocenters. The quantitative estimate of drug-likeness (QED) is 0.803. The Balaban J connectivity index is 2.17. The lowest BCUT2D eigenvalue weighted by molar-refractivity contribution is 0.596. The van der Waals surface area contributed by atoms with Gasteiger partial charge in [0.2, 0.25) is 0 Å². The van der Waals surface area contributed by atoms with Crippen LogP contribution in [-0.2, 0) is 11.2 Å². The van der Waals surface area contributed by atoms with Gasteiger partial charge in [-0.05, 0) is 35.4 Å². The average molecular weight is 287 g/mol. The topological polar surface area (TPSA) is 50.1 Å². The Morgan fingerprint density at radius 2 is 2.00 bits per heavy atom. The van der Waals surface area contributed by atoms with Crippen LogP contribution in [0, 0.1) is 5.41 Å². The van der Waals surface area contributed by atoms with Crippen molar-refractivity contribution in [1.82, 2.24) is 0 Å². The Kier molecular flexibility index (Phi) is 3.33. The van der Waals surface area contributed by atoms with E-state index in [4.69, 9.17) is 5.41 Å². The first-order valence-corrected chi connectivity index (χ1v) is 6.90. The Morgan fingerprint density at radius 3 is 2.60 bits per heavy atom. The Labute approximate surface area is 100 Å². The van der Waals surface area contributed by atoms with Gasteiger partial charge in [0, 0.05) is 10.2 Å². The summed E-state index contributed by atoms with van der Waals surface area (Å²) in [7, 11) is 0. The molecule has 5 heteroatoms. The van der Waals surface area contributed by atoms with E-state index < -0.39 is 11.2 Å². The summed E-state index contributed by atoms with van der Waals surface area (Å²) in [5, 5.41) is 7.79. The Hall–Kier alpha value is -0.520. The van der Waals surface area contributed by atoms with Crippen LogP contribution < -0.4 is 4.90 Å². The molecule has 0 saturated carbocycles. The third-order valence-electron chi connectivity index (χ3n) is 2.30. The summed E-state index contributed by atoms with van der Waals surface area (Å²) >= 11 is 2.53. The molecule has 1 heterocycles. The minimum Gasteiger partial charge on any atom is -0.616 e. The molecule has 0 aliphatic carbocycles. The first-order valence-electron chi connectivity index (χ1n) is 4.62. The van der Waals surface area contributed by atoms with Crippen molar-refractivity contribution >= 4 is 38.6 Å². The van der Waals surface area contributed by atoms with Crippen LogP contribution in [0.15, 0.2) is 28.7 Å². The van der Waals surface area contributed by atoms with Crippen LogP contribution >= 0.6 is 15.9 Å². The molecule has 1 aromatic rings. The molecule has 15 heavy (non-hydrogen) atoms. The van der Waals surface area contributed by atoms with E-state index in [9.17, 15) is 4.55 Å². The number of hydrogen-bond acceptors (Lipinski definition) is 2. The summed E-state index contributed by atoms with van der Waals surface area (Å²) in [4.78, 5) is 1.91. The molecule has 0 bridgehead atoms. The first kappa shape index (κ1) is 11.0. The molecule has 1 atom stereocenters. The van der Waals surface area contributed by atoms with Crippen molar-refractivity contribution < 1.29 is 4.55 Å². The highest BCUT2D eigenvalue weighted by Crippen LogP contribution is 2.20. The van der Waals surface area contributed by atoms with Gasteiger partial charge >= 0.3 is 0 Å². The number of anilines is 1. The Morgan fingerprint density at radius 1 is 1.33 bits per heavy atom. The molecule has 80 valence electrons. The van der Waals surface area contributed by atoms with Crippen LogP contribution in [0.3, 0.4) is 0 Å². The lowest BCUT2D eigenvalue weighted by Crippen LogP contribution is -2.44. The summed E-state index contributed by atoms with van der Waals surface area (Å²) in [6.07, 6.45) is 0. The van der Waals surface area contributed by atoms with Crippen LogP contribution in [0.5, 0.6) is 0 Å². The van der Waals surface area contributed by atoms with Crippen LogP contribution in [0.25, 0.3) is 0 Å². The number of benzene rings is 1. The van der Waals surface area contributed by atoms with Crippen LogP contribution in [-0.4, -0.2) is 28.4 Å². The van der Waals surface area contributed by atoms with Crippen molar-refractivity contribution in [1.29, 1.82) is 5.41 Å². The maximum absolute atomic E-state index is 11.2. The summed E-state index contributed by atoms with van der Waals surface area (Å²) in [6, 6.07) is 7.84. The SMILES string of the molecule is N=C1C[S+]([O-])CCN1c1ccc(Br)cc1. The number of amidine groups is 1. The molecule has 2 rings (SSSR count). The maximum atomic E-state index is 11.2. The highest BCUT2D eigenvalue weighted by atomic mass is 79.9. The van der Waals surface area contributed by atoms with Crippen molar-refractivity contribution in [2.24, 2.45) is 0 Å². The number of nitrogens with zero attached hydrogens (tertiary/aromatic N) is 1. The van der Waals surface area contributed by atoms with E-state index in [0.717, 1.165) is 10.2 Å². The standard InChI is InChI=1S/C10H11BrN2OS/c11-8-1-3-9(4-2-8)13-5-6-15(14)7-10(13)12/h1-4,12H,5-7H2. The van der Waals surface area contributed by atoms with Crippen molar-refractivity contribution in [2.45, 2.75) is 0 Å². The molecular weight excluding hydrogens is 276 g/mol. The third-order valence-corrected chi connectivity index (χ3v) is 4.07. The van der Waals surface area contributed by atoms with Crippen molar-refractivity contribution in [3.05, 3.63) is 28.7 Å². The van der Waals surface area contributed by atoms with E-state index >= 15 is 0 Å². The molecule has 0 aromatic heterocycles. The van der Waals surface area contributed by atoms with Crippen LogP contribution in [0.1, 0.15) is 0 Å². The molecule has 1 aromatic carbocycles. The second kappa shape index (κ2) is 4.55. The first-order chi connectivity index (χ1) is 7.16. The molecule has 0 spiro atoms. The Bertz CT molecular complexity index is 368. The van der Waals surface area contributed by atoms with Gasteiger partial charge in [0.25, 0.3) is 0 Å². The van der Waals surface area contributed by atoms with Gasteiger partial charge in [-0.25, -0.2) is 0 Å². The maximum Gasteiger partial charge on any atom is 0.162 e. The number of rotatable bonds is 1. The minimum atomic E-state index is -0.845. The summed E-state index contributed by atoms with van der Waals surface area (Å²) < 4.78 is 12.3. The molecule has 0 radical (unpaired) electrons. The molecule has 0 amide bonds. The average Bonchev–Trinajstić information content (AvgIpc) is 2.20. The summed E-state index contributed by atoms with van der Waals surface area (Å²) in [5.41, 5.74) is 1.000.